The summed E-state index contributed by atoms with van der Waals surface area (Å²) in [5, 5.41) is 0. The molecule has 138 valence electrons. The summed E-state index contributed by atoms with van der Waals surface area (Å²) in [6.45, 7) is 0.712. The van der Waals surface area contributed by atoms with Crippen molar-refractivity contribution in [2.24, 2.45) is 0 Å². The molecular formula is C18H21N3O5. The lowest BCUT2D eigenvalue weighted by molar-refractivity contribution is -0.136. The number of ether oxygens (including phenoxy) is 2. The van der Waals surface area contributed by atoms with Gasteiger partial charge >= 0.3 is 0 Å². The first-order chi connectivity index (χ1) is 12.6. The molecule has 0 radical (unpaired) electrons. The summed E-state index contributed by atoms with van der Waals surface area (Å²) in [6.07, 6.45) is 6.11. The maximum Gasteiger partial charge on any atom is 0.262 e. The van der Waals surface area contributed by atoms with Gasteiger partial charge in [-0.15, -0.1) is 0 Å². The van der Waals surface area contributed by atoms with E-state index in [0.29, 0.717) is 24.5 Å². The zero-order chi connectivity index (χ0) is 18.4. The number of rotatable bonds is 4. The van der Waals surface area contributed by atoms with E-state index in [-0.39, 0.29) is 19.2 Å². The van der Waals surface area contributed by atoms with Crippen LogP contribution in [0.3, 0.4) is 0 Å². The summed E-state index contributed by atoms with van der Waals surface area (Å²) in [5.41, 5.74) is 5.40. The Kier molecular flexibility index (Phi) is 5.73. The monoisotopic (exact) mass is 359 g/mol. The normalized spacial score (nSPS) is 16.5. The molecule has 0 aromatic heterocycles. The Bertz CT molecular complexity index is 732. The summed E-state index contributed by atoms with van der Waals surface area (Å²) < 4.78 is 10.5. The van der Waals surface area contributed by atoms with Gasteiger partial charge in [-0.25, -0.2) is 0 Å². The van der Waals surface area contributed by atoms with Crippen molar-refractivity contribution < 1.29 is 23.9 Å². The first kappa shape index (κ1) is 17.8. The van der Waals surface area contributed by atoms with E-state index in [4.69, 9.17) is 9.47 Å². The average Bonchev–Trinajstić information content (AvgIpc) is 3.02. The zero-order valence-electron chi connectivity index (χ0n) is 14.3. The molecule has 0 bridgehead atoms. The molecule has 0 unspecified atom stereocenters. The molecule has 1 fully saturated rings. The Labute approximate surface area is 151 Å². The quantitative estimate of drug-likeness (QED) is 0.617. The third-order valence-electron chi connectivity index (χ3n) is 4.15. The number of fused-ring (bicyclic) bond motifs is 1. The molecule has 3 rings (SSSR count). The van der Waals surface area contributed by atoms with Crippen LogP contribution in [0.4, 0.5) is 0 Å². The van der Waals surface area contributed by atoms with E-state index in [2.05, 4.69) is 10.9 Å². The zero-order valence-corrected chi connectivity index (χ0v) is 14.3. The number of hydrogen-bond donors (Lipinski definition) is 2. The molecule has 1 aromatic carbocycles. The van der Waals surface area contributed by atoms with Crippen molar-refractivity contribution in [1.29, 1.82) is 0 Å². The van der Waals surface area contributed by atoms with Gasteiger partial charge in [-0.05, 0) is 36.6 Å². The van der Waals surface area contributed by atoms with E-state index in [1.165, 1.54) is 11.0 Å². The van der Waals surface area contributed by atoms with Crippen molar-refractivity contribution >= 4 is 23.8 Å². The third kappa shape index (κ3) is 4.75. The van der Waals surface area contributed by atoms with Crippen LogP contribution in [-0.4, -0.2) is 42.5 Å². The number of carbonyl (C=O) groups is 3. The van der Waals surface area contributed by atoms with Crippen molar-refractivity contribution in [3.63, 3.8) is 0 Å². The van der Waals surface area contributed by atoms with E-state index in [0.717, 1.165) is 24.8 Å². The second-order valence-electron chi connectivity index (χ2n) is 6.11. The van der Waals surface area contributed by atoms with Crippen molar-refractivity contribution in [3.8, 4) is 11.5 Å². The fourth-order valence-corrected chi connectivity index (χ4v) is 2.78. The number of hydrogen-bond acceptors (Lipinski definition) is 5. The van der Waals surface area contributed by atoms with Crippen LogP contribution in [0.25, 0.3) is 6.08 Å². The average molecular weight is 359 g/mol. The van der Waals surface area contributed by atoms with Gasteiger partial charge in [0.05, 0.1) is 0 Å². The van der Waals surface area contributed by atoms with Gasteiger partial charge in [-0.1, -0.05) is 12.5 Å². The maximum absolute atomic E-state index is 11.9. The van der Waals surface area contributed by atoms with E-state index < -0.39 is 11.8 Å². The summed E-state index contributed by atoms with van der Waals surface area (Å²) >= 11 is 0. The predicted molar refractivity (Wildman–Crippen MR) is 92.9 cm³/mol. The molecule has 2 aliphatic heterocycles. The van der Waals surface area contributed by atoms with Crippen LogP contribution < -0.4 is 20.3 Å². The molecule has 1 saturated heterocycles. The molecule has 0 aliphatic carbocycles. The van der Waals surface area contributed by atoms with Gasteiger partial charge in [-0.2, -0.15) is 0 Å². The minimum Gasteiger partial charge on any atom is -0.454 e. The molecule has 3 amide bonds. The van der Waals surface area contributed by atoms with Crippen LogP contribution in [0.1, 0.15) is 31.2 Å². The lowest BCUT2D eigenvalue weighted by atomic mass is 10.2. The van der Waals surface area contributed by atoms with Gasteiger partial charge < -0.3 is 14.4 Å². The molecule has 2 heterocycles. The highest BCUT2D eigenvalue weighted by Crippen LogP contribution is 2.32. The van der Waals surface area contributed by atoms with Gasteiger partial charge in [0.25, 0.3) is 11.8 Å². The van der Waals surface area contributed by atoms with Crippen molar-refractivity contribution in [1.82, 2.24) is 15.8 Å². The number of likely N-dealkylation sites (tertiary alicyclic amines) is 1. The number of nitrogens with one attached hydrogen (secondary N) is 2. The smallest absolute Gasteiger partial charge is 0.262 e. The van der Waals surface area contributed by atoms with E-state index in [1.54, 1.807) is 24.3 Å². The molecular weight excluding hydrogens is 338 g/mol. The first-order valence-electron chi connectivity index (χ1n) is 8.56. The minimum absolute atomic E-state index is 0.0216. The Morgan fingerprint density at radius 1 is 1.12 bits per heavy atom. The van der Waals surface area contributed by atoms with E-state index in [9.17, 15) is 14.4 Å². The molecule has 0 saturated carbocycles. The molecule has 2 N–H and O–H groups in total. The Morgan fingerprint density at radius 2 is 1.96 bits per heavy atom. The molecule has 2 aliphatic rings. The molecule has 8 nitrogen and oxygen atoms in total. The van der Waals surface area contributed by atoms with Crippen molar-refractivity contribution in [2.75, 3.05) is 19.9 Å². The number of amides is 3. The number of nitrogens with zero attached hydrogens (tertiary/aromatic N) is 1. The van der Waals surface area contributed by atoms with E-state index in [1.807, 2.05) is 0 Å². The topological polar surface area (TPSA) is 97.0 Å². The lowest BCUT2D eigenvalue weighted by Crippen LogP contribution is -2.47. The maximum atomic E-state index is 11.9. The summed E-state index contributed by atoms with van der Waals surface area (Å²) in [4.78, 5) is 37.1. The second-order valence-corrected chi connectivity index (χ2v) is 6.11. The molecule has 26 heavy (non-hydrogen) atoms. The molecule has 1 aromatic rings. The Morgan fingerprint density at radius 3 is 2.85 bits per heavy atom. The fourth-order valence-electron chi connectivity index (χ4n) is 2.78. The highest BCUT2D eigenvalue weighted by Gasteiger charge is 2.19. The van der Waals surface area contributed by atoms with Gasteiger partial charge in [0, 0.05) is 19.0 Å². The van der Waals surface area contributed by atoms with Gasteiger partial charge in [0.2, 0.25) is 12.7 Å². The van der Waals surface area contributed by atoms with Crippen LogP contribution in [0.5, 0.6) is 11.5 Å². The molecule has 0 atom stereocenters. The number of hydrazine groups is 1. The van der Waals surface area contributed by atoms with Crippen LogP contribution in [0.15, 0.2) is 24.3 Å². The molecule has 8 heteroatoms. The van der Waals surface area contributed by atoms with Gasteiger partial charge in [0.15, 0.2) is 11.5 Å². The Hall–Kier alpha value is -3.03. The highest BCUT2D eigenvalue weighted by atomic mass is 16.7. The SMILES string of the molecule is O=C(/C=C/c1ccc2c(c1)OCO2)NNC(=O)CN1CCCCCC1=O. The largest absolute Gasteiger partial charge is 0.454 e. The van der Waals surface area contributed by atoms with Crippen molar-refractivity contribution in [3.05, 3.63) is 29.8 Å². The van der Waals surface area contributed by atoms with Gasteiger partial charge in [-0.3, -0.25) is 25.2 Å². The summed E-state index contributed by atoms with van der Waals surface area (Å²) in [5.74, 6) is 0.375. The molecule has 0 spiro atoms. The first-order valence-corrected chi connectivity index (χ1v) is 8.56. The fraction of sp³-hybridized carbons (Fsp3) is 0.389. The summed E-state index contributed by atoms with van der Waals surface area (Å²) in [6, 6.07) is 5.32. The number of carbonyl (C=O) groups excluding carboxylic acids is 3. The second kappa shape index (κ2) is 8.37. The minimum atomic E-state index is -0.474. The Balaban J connectivity index is 1.44. The van der Waals surface area contributed by atoms with Crippen LogP contribution >= 0.6 is 0 Å². The lowest BCUT2D eigenvalue weighted by Gasteiger charge is -2.19. The third-order valence-corrected chi connectivity index (χ3v) is 4.15. The van der Waals surface area contributed by atoms with Crippen LogP contribution in [-0.2, 0) is 14.4 Å². The van der Waals surface area contributed by atoms with Gasteiger partial charge in [0.1, 0.15) is 6.54 Å². The predicted octanol–water partition coefficient (Wildman–Crippen LogP) is 0.978. The van der Waals surface area contributed by atoms with Crippen LogP contribution in [0.2, 0.25) is 0 Å². The number of benzene rings is 1. The van der Waals surface area contributed by atoms with Crippen molar-refractivity contribution in [2.45, 2.75) is 25.7 Å². The summed E-state index contributed by atoms with van der Waals surface area (Å²) in [7, 11) is 0. The highest BCUT2D eigenvalue weighted by molar-refractivity contribution is 5.93. The van der Waals surface area contributed by atoms with Crippen LogP contribution in [0, 0.1) is 0 Å². The standard InChI is InChI=1S/C18H21N3O5/c22-16(8-6-13-5-7-14-15(10-13)26-12-25-14)19-20-17(23)11-21-9-3-1-2-4-18(21)24/h5-8,10H,1-4,9,11-12H2,(H,19,22)(H,20,23)/b8-6+. The van der Waals surface area contributed by atoms with E-state index >= 15 is 0 Å².